The number of ether oxygens (including phenoxy) is 2. The molecule has 1 amide bonds. The number of Topliss-reactive ketones (excluding diaryl/α,β-unsaturated/α-hetero) is 1. The molecule has 29 heavy (non-hydrogen) atoms. The zero-order valence-corrected chi connectivity index (χ0v) is 16.3. The van der Waals surface area contributed by atoms with Gasteiger partial charge in [0.2, 0.25) is 0 Å². The molecule has 5 heteroatoms. The van der Waals surface area contributed by atoms with E-state index in [1.807, 2.05) is 54.6 Å². The maximum absolute atomic E-state index is 13.2. The van der Waals surface area contributed by atoms with E-state index in [0.717, 1.165) is 11.1 Å². The molecule has 0 saturated carbocycles. The van der Waals surface area contributed by atoms with Gasteiger partial charge in [0.1, 0.15) is 6.61 Å². The summed E-state index contributed by atoms with van der Waals surface area (Å²) in [6, 6.07) is 16.9. The summed E-state index contributed by atoms with van der Waals surface area (Å²) in [6.07, 6.45) is 2.56. The number of nitrogens with zero attached hydrogens (tertiary/aromatic N) is 1. The number of morpholine rings is 1. The maximum Gasteiger partial charge on any atom is 0.410 e. The van der Waals surface area contributed by atoms with Gasteiger partial charge in [0.05, 0.1) is 25.3 Å². The second-order valence-electron chi connectivity index (χ2n) is 7.62. The van der Waals surface area contributed by atoms with E-state index in [1.165, 1.54) is 0 Å². The summed E-state index contributed by atoms with van der Waals surface area (Å²) in [7, 11) is 0. The molecule has 2 aliphatic rings. The van der Waals surface area contributed by atoms with Crippen molar-refractivity contribution >= 4 is 18.0 Å². The number of piperidine rings is 1. The highest BCUT2D eigenvalue weighted by Gasteiger charge is 2.44. The highest BCUT2D eigenvalue weighted by Crippen LogP contribution is 2.34. The van der Waals surface area contributed by atoms with Crippen LogP contribution in [0.15, 0.2) is 61.2 Å². The molecule has 2 aromatic rings. The number of carbonyl (C=O) groups is 2. The van der Waals surface area contributed by atoms with Crippen LogP contribution in [0.1, 0.15) is 34.3 Å². The Hall–Kier alpha value is -2.92. The summed E-state index contributed by atoms with van der Waals surface area (Å²) < 4.78 is 11.2. The normalized spacial score (nSPS) is 23.3. The van der Waals surface area contributed by atoms with Crippen molar-refractivity contribution in [3.63, 3.8) is 0 Å². The summed E-state index contributed by atoms with van der Waals surface area (Å²) in [5.74, 6) is -0.0112. The molecule has 5 nitrogen and oxygen atoms in total. The van der Waals surface area contributed by atoms with Crippen LogP contribution in [0.25, 0.3) is 6.08 Å². The molecule has 0 aliphatic carbocycles. The minimum absolute atomic E-state index is 0.120. The molecular formula is C24H25NO4. The predicted molar refractivity (Wildman–Crippen MR) is 110 cm³/mol. The maximum atomic E-state index is 13.2. The first kappa shape index (κ1) is 19.4. The molecule has 2 aliphatic heterocycles. The highest BCUT2D eigenvalue weighted by molar-refractivity contribution is 6.01. The molecule has 0 N–H and O–H groups in total. The molecule has 0 radical (unpaired) electrons. The third-order valence-electron chi connectivity index (χ3n) is 5.75. The zero-order chi connectivity index (χ0) is 20.2. The molecule has 2 fully saturated rings. The van der Waals surface area contributed by atoms with Crippen LogP contribution in [0.4, 0.5) is 4.79 Å². The average molecular weight is 391 g/mol. The van der Waals surface area contributed by atoms with Crippen molar-refractivity contribution in [3.8, 4) is 0 Å². The Kier molecular flexibility index (Phi) is 5.76. The first-order chi connectivity index (χ1) is 14.2. The molecule has 2 heterocycles. The van der Waals surface area contributed by atoms with Crippen LogP contribution in [-0.2, 0) is 16.1 Å². The summed E-state index contributed by atoms with van der Waals surface area (Å²) in [4.78, 5) is 27.7. The molecular weight excluding hydrogens is 366 g/mol. The summed E-state index contributed by atoms with van der Waals surface area (Å²) in [5, 5.41) is 0. The quantitative estimate of drug-likeness (QED) is 0.712. The third-order valence-corrected chi connectivity index (χ3v) is 5.75. The minimum atomic E-state index is -0.329. The monoisotopic (exact) mass is 391 g/mol. The van der Waals surface area contributed by atoms with Gasteiger partial charge in [-0.3, -0.25) is 9.69 Å². The van der Waals surface area contributed by atoms with Crippen LogP contribution < -0.4 is 0 Å². The van der Waals surface area contributed by atoms with E-state index in [9.17, 15) is 9.59 Å². The van der Waals surface area contributed by atoms with Crippen LogP contribution in [0.5, 0.6) is 0 Å². The molecule has 150 valence electrons. The largest absolute Gasteiger partial charge is 0.445 e. The fourth-order valence-electron chi connectivity index (χ4n) is 4.34. The highest BCUT2D eigenvalue weighted by atomic mass is 16.6. The van der Waals surface area contributed by atoms with E-state index in [2.05, 4.69) is 6.58 Å². The number of ketones is 1. The Morgan fingerprint density at radius 1 is 1.03 bits per heavy atom. The smallest absolute Gasteiger partial charge is 0.410 e. The number of hydrogen-bond donors (Lipinski definition) is 0. The standard InChI is InChI=1S/C24H25NO4/c1-2-18-10-6-7-11-22(18)23(26)19-12-20-15-28-16-21(13-19)25(20)24(27)29-14-17-8-4-3-5-9-17/h2-11,19-21H,1,12-16H2. The van der Waals surface area contributed by atoms with Crippen molar-refractivity contribution in [1.82, 2.24) is 4.90 Å². The minimum Gasteiger partial charge on any atom is -0.445 e. The van der Waals surface area contributed by atoms with Gasteiger partial charge in [0.25, 0.3) is 0 Å². The van der Waals surface area contributed by atoms with E-state index in [0.29, 0.717) is 31.6 Å². The van der Waals surface area contributed by atoms with Gasteiger partial charge in [-0.25, -0.2) is 4.79 Å². The molecule has 0 aromatic heterocycles. The Balaban J connectivity index is 1.45. The summed E-state index contributed by atoms with van der Waals surface area (Å²) >= 11 is 0. The van der Waals surface area contributed by atoms with Crippen molar-refractivity contribution < 1.29 is 19.1 Å². The van der Waals surface area contributed by atoms with Gasteiger partial charge >= 0.3 is 6.09 Å². The van der Waals surface area contributed by atoms with E-state index < -0.39 is 0 Å². The fourth-order valence-corrected chi connectivity index (χ4v) is 4.34. The number of carbonyl (C=O) groups excluding carboxylic acids is 2. The summed E-state index contributed by atoms with van der Waals surface area (Å²) in [5.41, 5.74) is 2.50. The van der Waals surface area contributed by atoms with Crippen LogP contribution >= 0.6 is 0 Å². The van der Waals surface area contributed by atoms with E-state index in [4.69, 9.17) is 9.47 Å². The summed E-state index contributed by atoms with van der Waals surface area (Å²) in [6.45, 7) is 4.93. The lowest BCUT2D eigenvalue weighted by atomic mass is 9.80. The van der Waals surface area contributed by atoms with Gasteiger partial charge in [-0.2, -0.15) is 0 Å². The number of hydrogen-bond acceptors (Lipinski definition) is 4. The Morgan fingerprint density at radius 2 is 1.69 bits per heavy atom. The van der Waals surface area contributed by atoms with E-state index >= 15 is 0 Å². The topological polar surface area (TPSA) is 55.8 Å². The Labute approximate surface area is 170 Å². The van der Waals surface area contributed by atoms with Crippen molar-refractivity contribution in [3.05, 3.63) is 77.9 Å². The predicted octanol–water partition coefficient (Wildman–Crippen LogP) is 4.33. The molecule has 2 aromatic carbocycles. The van der Waals surface area contributed by atoms with Crippen molar-refractivity contribution in [2.24, 2.45) is 5.92 Å². The van der Waals surface area contributed by atoms with Gasteiger partial charge in [-0.05, 0) is 24.0 Å². The SMILES string of the molecule is C=Cc1ccccc1C(=O)C1CC2COCC(C1)N2C(=O)OCc1ccccc1. The van der Waals surface area contributed by atoms with Crippen LogP contribution in [-0.4, -0.2) is 42.1 Å². The number of benzene rings is 2. The molecule has 2 unspecified atom stereocenters. The lowest BCUT2D eigenvalue weighted by Gasteiger charge is -2.47. The molecule has 2 atom stereocenters. The van der Waals surface area contributed by atoms with Crippen LogP contribution in [0, 0.1) is 5.92 Å². The molecule has 4 rings (SSSR count). The van der Waals surface area contributed by atoms with Crippen molar-refractivity contribution in [1.29, 1.82) is 0 Å². The lowest BCUT2D eigenvalue weighted by molar-refractivity contribution is -0.0755. The molecule has 2 saturated heterocycles. The second-order valence-corrected chi connectivity index (χ2v) is 7.62. The second kappa shape index (κ2) is 8.62. The molecule has 2 bridgehead atoms. The number of fused-ring (bicyclic) bond motifs is 2. The number of amides is 1. The van der Waals surface area contributed by atoms with Crippen molar-refractivity contribution in [2.45, 2.75) is 31.5 Å². The van der Waals surface area contributed by atoms with Crippen LogP contribution in [0.2, 0.25) is 0 Å². The van der Waals surface area contributed by atoms with Crippen LogP contribution in [0.3, 0.4) is 0 Å². The first-order valence-corrected chi connectivity index (χ1v) is 10.00. The number of rotatable bonds is 5. The molecule has 0 spiro atoms. The van der Waals surface area contributed by atoms with Gasteiger partial charge in [-0.15, -0.1) is 0 Å². The Morgan fingerprint density at radius 3 is 2.38 bits per heavy atom. The fraction of sp³-hybridized carbons (Fsp3) is 0.333. The van der Waals surface area contributed by atoms with Crippen molar-refractivity contribution in [2.75, 3.05) is 13.2 Å². The first-order valence-electron chi connectivity index (χ1n) is 10.00. The lowest BCUT2D eigenvalue weighted by Crippen LogP contribution is -2.59. The van der Waals surface area contributed by atoms with Gasteiger partial charge in [0, 0.05) is 11.5 Å². The van der Waals surface area contributed by atoms with E-state index in [-0.39, 0.29) is 36.5 Å². The Bertz CT molecular complexity index is 881. The zero-order valence-electron chi connectivity index (χ0n) is 16.3. The van der Waals surface area contributed by atoms with Gasteiger partial charge in [-0.1, -0.05) is 67.3 Å². The average Bonchev–Trinajstić information content (AvgIpc) is 2.76. The third kappa shape index (κ3) is 4.10. The van der Waals surface area contributed by atoms with E-state index in [1.54, 1.807) is 11.0 Å². The van der Waals surface area contributed by atoms with Gasteiger partial charge < -0.3 is 9.47 Å². The van der Waals surface area contributed by atoms with Gasteiger partial charge in [0.15, 0.2) is 5.78 Å².